The third-order valence-corrected chi connectivity index (χ3v) is 5.74. The molecule has 4 N–H and O–H groups in total. The van der Waals surface area contributed by atoms with Crippen molar-refractivity contribution in [1.82, 2.24) is 24.7 Å². The van der Waals surface area contributed by atoms with E-state index in [2.05, 4.69) is 20.1 Å². The van der Waals surface area contributed by atoms with Crippen LogP contribution in [0.4, 0.5) is 10.3 Å². The van der Waals surface area contributed by atoms with Crippen LogP contribution in [-0.2, 0) is 13.2 Å². The van der Waals surface area contributed by atoms with Crippen LogP contribution in [0.25, 0.3) is 28.0 Å². The first kappa shape index (κ1) is 23.1. The Morgan fingerprint density at radius 3 is 2.56 bits per heavy atom. The SMILES string of the molecule is COc1cc(-c2c(-c3ccc(F)cc3)nc(N)[n+]3c(=O)n(Cc4ccc(C)cn4)[nH]c23)cc(CO)n1. The lowest BCUT2D eigenvalue weighted by atomic mass is 10.00. The fourth-order valence-corrected chi connectivity index (χ4v) is 4.00. The number of H-pyrrole nitrogens is 1. The number of aromatic amines is 1. The van der Waals surface area contributed by atoms with Crippen molar-refractivity contribution in [2.75, 3.05) is 12.8 Å². The normalized spacial score (nSPS) is 11.2. The molecule has 0 aliphatic carbocycles. The van der Waals surface area contributed by atoms with Crippen LogP contribution in [0.3, 0.4) is 0 Å². The number of benzene rings is 1. The van der Waals surface area contributed by atoms with E-state index in [1.165, 1.54) is 28.3 Å². The molecule has 10 nitrogen and oxygen atoms in total. The van der Waals surface area contributed by atoms with Gasteiger partial charge in [-0.05, 0) is 54.4 Å². The zero-order chi connectivity index (χ0) is 25.4. The first-order valence-corrected chi connectivity index (χ1v) is 11.1. The lowest BCUT2D eigenvalue weighted by Crippen LogP contribution is -2.44. The van der Waals surface area contributed by atoms with Gasteiger partial charge in [0.15, 0.2) is 0 Å². The Kier molecular flexibility index (Phi) is 5.90. The van der Waals surface area contributed by atoms with Crippen LogP contribution in [-0.4, -0.2) is 36.9 Å². The predicted molar refractivity (Wildman–Crippen MR) is 130 cm³/mol. The summed E-state index contributed by atoms with van der Waals surface area (Å²) in [4.78, 5) is 26.5. The minimum absolute atomic E-state index is 0.0478. The maximum absolute atomic E-state index is 13.7. The number of ether oxygens (including phenoxy) is 1. The molecule has 0 aliphatic rings. The van der Waals surface area contributed by atoms with Crippen molar-refractivity contribution >= 4 is 11.6 Å². The van der Waals surface area contributed by atoms with E-state index in [0.717, 1.165) is 5.56 Å². The highest BCUT2D eigenvalue weighted by Crippen LogP contribution is 2.34. The van der Waals surface area contributed by atoms with Gasteiger partial charge in [-0.15, -0.1) is 9.38 Å². The van der Waals surface area contributed by atoms with E-state index in [0.29, 0.717) is 39.4 Å². The van der Waals surface area contributed by atoms with Crippen molar-refractivity contribution in [2.45, 2.75) is 20.1 Å². The van der Waals surface area contributed by atoms with Gasteiger partial charge in [-0.3, -0.25) is 4.98 Å². The lowest BCUT2D eigenvalue weighted by Gasteiger charge is -2.11. The topological polar surface area (TPSA) is 136 Å². The van der Waals surface area contributed by atoms with Gasteiger partial charge in [-0.25, -0.2) is 19.3 Å². The number of aliphatic hydroxyl groups excluding tert-OH is 1. The molecule has 36 heavy (non-hydrogen) atoms. The van der Waals surface area contributed by atoms with Crippen LogP contribution in [0, 0.1) is 12.7 Å². The van der Waals surface area contributed by atoms with E-state index < -0.39 is 11.5 Å². The van der Waals surface area contributed by atoms with Gasteiger partial charge in [0.25, 0.3) is 0 Å². The van der Waals surface area contributed by atoms with Gasteiger partial charge < -0.3 is 15.6 Å². The summed E-state index contributed by atoms with van der Waals surface area (Å²) in [6, 6.07) is 12.9. The summed E-state index contributed by atoms with van der Waals surface area (Å²) in [5.41, 5.74) is 10.3. The Morgan fingerprint density at radius 2 is 1.89 bits per heavy atom. The second-order valence-electron chi connectivity index (χ2n) is 8.24. The fraction of sp³-hybridized carbons (Fsp3) is 0.160. The molecule has 1 aromatic carbocycles. The van der Waals surface area contributed by atoms with Crippen LogP contribution >= 0.6 is 0 Å². The van der Waals surface area contributed by atoms with Gasteiger partial charge in [-0.2, -0.15) is 4.68 Å². The van der Waals surface area contributed by atoms with Gasteiger partial charge in [-0.1, -0.05) is 6.07 Å². The van der Waals surface area contributed by atoms with Crippen molar-refractivity contribution in [1.29, 1.82) is 0 Å². The summed E-state index contributed by atoms with van der Waals surface area (Å²) in [5, 5.41) is 12.9. The highest BCUT2D eigenvalue weighted by molar-refractivity contribution is 5.89. The predicted octanol–water partition coefficient (Wildman–Crippen LogP) is 2.01. The molecule has 0 atom stereocenters. The maximum Gasteiger partial charge on any atom is 0.428 e. The van der Waals surface area contributed by atoms with E-state index in [9.17, 15) is 14.3 Å². The summed E-state index contributed by atoms with van der Waals surface area (Å²) >= 11 is 0. The number of nitrogens with one attached hydrogen (secondary N) is 1. The Labute approximate surface area is 204 Å². The van der Waals surface area contributed by atoms with Crippen molar-refractivity contribution in [2.24, 2.45) is 0 Å². The molecule has 0 fully saturated rings. The molecule has 4 heterocycles. The van der Waals surface area contributed by atoms with Crippen molar-refractivity contribution in [3.8, 4) is 28.3 Å². The molecule has 0 radical (unpaired) electrons. The molecule has 0 unspecified atom stereocenters. The first-order valence-electron chi connectivity index (χ1n) is 11.1. The Bertz CT molecular complexity index is 1610. The summed E-state index contributed by atoms with van der Waals surface area (Å²) in [6.07, 6.45) is 1.73. The molecular weight excluding hydrogens is 465 g/mol. The largest absolute Gasteiger partial charge is 0.481 e. The summed E-state index contributed by atoms with van der Waals surface area (Å²) < 4.78 is 21.7. The minimum Gasteiger partial charge on any atom is -0.481 e. The molecule has 0 saturated carbocycles. The second kappa shape index (κ2) is 9.19. The molecule has 0 aliphatic heterocycles. The van der Waals surface area contributed by atoms with Gasteiger partial charge in [0.1, 0.15) is 18.1 Å². The molecule has 0 amide bonds. The number of aromatic nitrogens is 6. The number of halogens is 1. The third-order valence-electron chi connectivity index (χ3n) is 5.74. The zero-order valence-corrected chi connectivity index (χ0v) is 19.6. The standard InChI is InChI=1S/C25H22FN7O3/c1-14-3-8-18(28-11-14)12-32-25(35)33-23(31-32)21(16-9-19(13-34)29-20(10-16)36-2)22(30-24(33)27)15-4-6-17(26)7-5-15/h3-11,34H,12-13H2,1-2H3,(H2,27,29,30,31)/p+1. The third kappa shape index (κ3) is 4.16. The fourth-order valence-electron chi connectivity index (χ4n) is 4.00. The number of anilines is 1. The quantitative estimate of drug-likeness (QED) is 0.311. The molecule has 0 saturated heterocycles. The van der Waals surface area contributed by atoms with Crippen LogP contribution in [0.2, 0.25) is 0 Å². The smallest absolute Gasteiger partial charge is 0.428 e. The molecule has 0 bridgehead atoms. The molecule has 4 aromatic heterocycles. The zero-order valence-electron chi connectivity index (χ0n) is 19.6. The van der Waals surface area contributed by atoms with Gasteiger partial charge in [0.2, 0.25) is 11.5 Å². The lowest BCUT2D eigenvalue weighted by molar-refractivity contribution is -0.516. The monoisotopic (exact) mass is 488 g/mol. The number of nitrogen functional groups attached to an aromatic ring is 1. The van der Waals surface area contributed by atoms with Crippen LogP contribution in [0.1, 0.15) is 17.0 Å². The van der Waals surface area contributed by atoms with Gasteiger partial charge in [0, 0.05) is 17.8 Å². The molecule has 5 aromatic rings. The number of nitrogens with zero attached hydrogens (tertiary/aromatic N) is 5. The van der Waals surface area contributed by atoms with Crippen LogP contribution in [0.15, 0.2) is 59.5 Å². The molecule has 11 heteroatoms. The summed E-state index contributed by atoms with van der Waals surface area (Å²) in [7, 11) is 1.46. The molecular formula is C25H23FN7O3+. The molecule has 0 spiro atoms. The minimum atomic E-state index is -0.437. The highest BCUT2D eigenvalue weighted by Gasteiger charge is 2.26. The number of nitrogens with two attached hydrogens (primary N) is 1. The van der Waals surface area contributed by atoms with Gasteiger partial charge >= 0.3 is 11.6 Å². The summed E-state index contributed by atoms with van der Waals surface area (Å²) in [6.45, 7) is 1.78. The molecule has 182 valence electrons. The van der Waals surface area contributed by atoms with E-state index in [1.54, 1.807) is 30.5 Å². The number of hydrogen-bond donors (Lipinski definition) is 3. The average molecular weight is 489 g/mol. The van der Waals surface area contributed by atoms with Crippen LogP contribution < -0.4 is 20.6 Å². The van der Waals surface area contributed by atoms with Crippen molar-refractivity contribution < 1.29 is 18.6 Å². The first-order chi connectivity index (χ1) is 17.4. The van der Waals surface area contributed by atoms with Crippen molar-refractivity contribution in [3.05, 3.63) is 88.0 Å². The number of hydrogen-bond acceptors (Lipinski definition) is 7. The average Bonchev–Trinajstić information content (AvgIpc) is 3.21. The number of pyridine rings is 2. The number of aliphatic hydroxyl groups is 1. The Hall–Kier alpha value is -4.64. The molecule has 5 rings (SSSR count). The number of methoxy groups -OCH3 is 1. The Balaban J connectivity index is 1.81. The second-order valence-corrected chi connectivity index (χ2v) is 8.24. The van der Waals surface area contributed by atoms with Gasteiger partial charge in [0.05, 0.1) is 30.7 Å². The van der Waals surface area contributed by atoms with Crippen LogP contribution in [0.5, 0.6) is 5.88 Å². The van der Waals surface area contributed by atoms with E-state index in [4.69, 9.17) is 10.5 Å². The maximum atomic E-state index is 13.7. The highest BCUT2D eigenvalue weighted by atomic mass is 19.1. The Morgan fingerprint density at radius 1 is 1.11 bits per heavy atom. The van der Waals surface area contributed by atoms with E-state index in [1.807, 2.05) is 19.1 Å². The number of rotatable bonds is 6. The van der Waals surface area contributed by atoms with E-state index >= 15 is 0 Å². The van der Waals surface area contributed by atoms with E-state index in [-0.39, 0.29) is 25.0 Å². The van der Waals surface area contributed by atoms with Crippen molar-refractivity contribution in [3.63, 3.8) is 0 Å². The number of fused-ring (bicyclic) bond motifs is 1. The number of aryl methyl sites for hydroxylation is 1. The summed E-state index contributed by atoms with van der Waals surface area (Å²) in [5.74, 6) is -0.183.